The maximum absolute atomic E-state index is 13.0. The Labute approximate surface area is 80.4 Å². The van der Waals surface area contributed by atoms with E-state index in [-0.39, 0.29) is 5.56 Å². The van der Waals surface area contributed by atoms with Gasteiger partial charge in [-0.15, -0.1) is 0 Å². The third-order valence-corrected chi connectivity index (χ3v) is 2.11. The first kappa shape index (κ1) is 9.06. The van der Waals surface area contributed by atoms with Crippen LogP contribution in [0, 0.1) is 0 Å². The van der Waals surface area contributed by atoms with Crippen molar-refractivity contribution in [1.82, 2.24) is 4.98 Å². The molecule has 72 valence electrons. The van der Waals surface area contributed by atoms with Gasteiger partial charge in [-0.3, -0.25) is 4.98 Å². The Morgan fingerprint density at radius 1 is 1.21 bits per heavy atom. The number of rotatable bonds is 1. The van der Waals surface area contributed by atoms with E-state index < -0.39 is 5.92 Å². The van der Waals surface area contributed by atoms with Crippen molar-refractivity contribution in [2.75, 3.05) is 0 Å². The average molecular weight is 193 g/mol. The van der Waals surface area contributed by atoms with Crippen molar-refractivity contribution < 1.29 is 8.78 Å². The minimum absolute atomic E-state index is 0.0259. The highest BCUT2D eigenvalue weighted by Crippen LogP contribution is 2.28. The number of aromatic nitrogens is 1. The minimum atomic E-state index is -2.79. The molecule has 0 aliphatic rings. The van der Waals surface area contributed by atoms with Crippen LogP contribution in [0.2, 0.25) is 0 Å². The zero-order chi connectivity index (χ0) is 10.2. The predicted molar refractivity (Wildman–Crippen MR) is 51.3 cm³/mol. The standard InChI is InChI=1S/C11H9F2N/c1-11(12,13)9-4-5-10-8(7-9)3-2-6-14-10/h2-7H,1H3. The minimum Gasteiger partial charge on any atom is -0.256 e. The van der Waals surface area contributed by atoms with Crippen LogP contribution in [0.3, 0.4) is 0 Å². The number of alkyl halides is 2. The summed E-state index contributed by atoms with van der Waals surface area (Å²) in [5, 5.41) is 0.742. The number of pyridine rings is 1. The van der Waals surface area contributed by atoms with Crippen LogP contribution in [0.1, 0.15) is 12.5 Å². The zero-order valence-electron chi connectivity index (χ0n) is 7.67. The molecule has 0 aliphatic carbocycles. The van der Waals surface area contributed by atoms with E-state index in [4.69, 9.17) is 0 Å². The van der Waals surface area contributed by atoms with E-state index >= 15 is 0 Å². The summed E-state index contributed by atoms with van der Waals surface area (Å²) in [5.74, 6) is -2.79. The zero-order valence-corrected chi connectivity index (χ0v) is 7.67. The number of halogens is 2. The smallest absolute Gasteiger partial charge is 0.256 e. The molecule has 2 aromatic rings. The summed E-state index contributed by atoms with van der Waals surface area (Å²) in [6.45, 7) is 0.893. The normalized spacial score (nSPS) is 11.9. The van der Waals surface area contributed by atoms with Crippen molar-refractivity contribution in [3.8, 4) is 0 Å². The summed E-state index contributed by atoms with van der Waals surface area (Å²) < 4.78 is 25.9. The maximum Gasteiger partial charge on any atom is 0.270 e. The second kappa shape index (κ2) is 3.01. The summed E-state index contributed by atoms with van der Waals surface area (Å²) in [5.41, 5.74) is 0.763. The molecule has 3 heteroatoms. The lowest BCUT2D eigenvalue weighted by Crippen LogP contribution is -2.06. The molecule has 0 bridgehead atoms. The van der Waals surface area contributed by atoms with Crippen LogP contribution < -0.4 is 0 Å². The first-order valence-corrected chi connectivity index (χ1v) is 4.30. The third-order valence-electron chi connectivity index (χ3n) is 2.11. The largest absolute Gasteiger partial charge is 0.270 e. The van der Waals surface area contributed by atoms with E-state index in [1.165, 1.54) is 12.1 Å². The van der Waals surface area contributed by atoms with Crippen molar-refractivity contribution >= 4 is 10.9 Å². The molecule has 0 N–H and O–H groups in total. The highest BCUT2D eigenvalue weighted by atomic mass is 19.3. The van der Waals surface area contributed by atoms with Crippen LogP contribution in [0.25, 0.3) is 10.9 Å². The fraction of sp³-hybridized carbons (Fsp3) is 0.182. The molecule has 1 aromatic carbocycles. The van der Waals surface area contributed by atoms with Gasteiger partial charge in [0.25, 0.3) is 5.92 Å². The van der Waals surface area contributed by atoms with Gasteiger partial charge in [-0.25, -0.2) is 8.78 Å². The Morgan fingerprint density at radius 3 is 2.71 bits per heavy atom. The Hall–Kier alpha value is -1.51. The first-order valence-electron chi connectivity index (χ1n) is 4.30. The van der Waals surface area contributed by atoms with Gasteiger partial charge in [0, 0.05) is 24.1 Å². The average Bonchev–Trinajstić information content (AvgIpc) is 2.16. The lowest BCUT2D eigenvalue weighted by Gasteiger charge is -2.10. The van der Waals surface area contributed by atoms with Crippen molar-refractivity contribution in [2.45, 2.75) is 12.8 Å². The molecule has 1 aromatic heterocycles. The van der Waals surface area contributed by atoms with Gasteiger partial charge in [-0.05, 0) is 18.2 Å². The van der Waals surface area contributed by atoms with E-state index in [1.807, 2.05) is 0 Å². The molecule has 0 radical (unpaired) electrons. The van der Waals surface area contributed by atoms with Crippen molar-refractivity contribution in [2.24, 2.45) is 0 Å². The molecule has 0 spiro atoms. The highest BCUT2D eigenvalue weighted by Gasteiger charge is 2.23. The molecule has 0 fully saturated rings. The fourth-order valence-corrected chi connectivity index (χ4v) is 1.35. The second-order valence-corrected chi connectivity index (χ2v) is 3.30. The van der Waals surface area contributed by atoms with Crippen molar-refractivity contribution in [1.29, 1.82) is 0 Å². The molecule has 0 aliphatic heterocycles. The monoisotopic (exact) mass is 193 g/mol. The number of nitrogens with zero attached hydrogens (tertiary/aromatic N) is 1. The summed E-state index contributed by atoms with van der Waals surface area (Å²) in [6.07, 6.45) is 1.64. The van der Waals surface area contributed by atoms with Gasteiger partial charge in [0.15, 0.2) is 0 Å². The number of fused-ring (bicyclic) bond motifs is 1. The van der Waals surface area contributed by atoms with Gasteiger partial charge in [0.2, 0.25) is 0 Å². The Kier molecular flexibility index (Phi) is 1.95. The molecule has 0 atom stereocenters. The molecule has 1 nitrogen and oxygen atoms in total. The molecule has 0 saturated heterocycles. The third kappa shape index (κ3) is 1.58. The van der Waals surface area contributed by atoms with E-state index in [9.17, 15) is 8.78 Å². The quantitative estimate of drug-likeness (QED) is 0.676. The summed E-state index contributed by atoms with van der Waals surface area (Å²) in [4.78, 5) is 4.06. The lowest BCUT2D eigenvalue weighted by molar-refractivity contribution is 0.0176. The molecule has 2 rings (SSSR count). The molecular weight excluding hydrogens is 184 g/mol. The van der Waals surface area contributed by atoms with Crippen LogP contribution >= 0.6 is 0 Å². The van der Waals surface area contributed by atoms with Gasteiger partial charge >= 0.3 is 0 Å². The second-order valence-electron chi connectivity index (χ2n) is 3.30. The number of hydrogen-bond donors (Lipinski definition) is 0. The molecule has 0 amide bonds. The van der Waals surface area contributed by atoms with E-state index in [0.29, 0.717) is 0 Å². The Morgan fingerprint density at radius 2 is 2.00 bits per heavy atom. The van der Waals surface area contributed by atoms with Gasteiger partial charge in [0.1, 0.15) is 0 Å². The van der Waals surface area contributed by atoms with Crippen molar-refractivity contribution in [3.05, 3.63) is 42.1 Å². The molecule has 1 heterocycles. The van der Waals surface area contributed by atoms with Gasteiger partial charge < -0.3 is 0 Å². The SMILES string of the molecule is CC(F)(F)c1ccc2ncccc2c1. The van der Waals surface area contributed by atoms with Gasteiger partial charge in [-0.1, -0.05) is 12.1 Å². The van der Waals surface area contributed by atoms with Crippen molar-refractivity contribution in [3.63, 3.8) is 0 Å². The van der Waals surface area contributed by atoms with E-state index in [2.05, 4.69) is 4.98 Å². The van der Waals surface area contributed by atoms with Gasteiger partial charge in [0.05, 0.1) is 5.52 Å². The summed E-state index contributed by atoms with van der Waals surface area (Å²) in [7, 11) is 0. The van der Waals surface area contributed by atoms with E-state index in [1.54, 1.807) is 24.4 Å². The Balaban J connectivity index is 2.63. The van der Waals surface area contributed by atoms with Gasteiger partial charge in [-0.2, -0.15) is 0 Å². The highest BCUT2D eigenvalue weighted by molar-refractivity contribution is 5.79. The number of benzene rings is 1. The predicted octanol–water partition coefficient (Wildman–Crippen LogP) is 3.35. The lowest BCUT2D eigenvalue weighted by atomic mass is 10.1. The summed E-state index contributed by atoms with van der Waals surface area (Å²) in [6, 6.07) is 8.01. The molecular formula is C11H9F2N. The summed E-state index contributed by atoms with van der Waals surface area (Å²) >= 11 is 0. The Bertz CT molecular complexity index is 460. The molecule has 0 unspecified atom stereocenters. The fourth-order valence-electron chi connectivity index (χ4n) is 1.35. The van der Waals surface area contributed by atoms with Crippen LogP contribution in [0.15, 0.2) is 36.5 Å². The van der Waals surface area contributed by atoms with E-state index in [0.717, 1.165) is 17.8 Å². The van der Waals surface area contributed by atoms with Crippen LogP contribution in [-0.2, 0) is 5.92 Å². The van der Waals surface area contributed by atoms with Crippen LogP contribution in [0.5, 0.6) is 0 Å². The number of hydrogen-bond acceptors (Lipinski definition) is 1. The van der Waals surface area contributed by atoms with Crippen LogP contribution in [0.4, 0.5) is 8.78 Å². The first-order chi connectivity index (χ1) is 6.57. The molecule has 14 heavy (non-hydrogen) atoms. The topological polar surface area (TPSA) is 12.9 Å². The maximum atomic E-state index is 13.0. The molecule has 0 saturated carbocycles. The van der Waals surface area contributed by atoms with Crippen LogP contribution in [-0.4, -0.2) is 4.98 Å².